The average molecular weight is 276 g/mol. The monoisotopic (exact) mass is 276 g/mol. The van der Waals surface area contributed by atoms with Crippen molar-refractivity contribution in [3.8, 4) is 17.2 Å². The van der Waals surface area contributed by atoms with E-state index in [0.717, 1.165) is 17.9 Å². The number of ether oxygens (including phenoxy) is 1. The minimum Gasteiger partial charge on any atom is -0.490 e. The second-order valence-corrected chi connectivity index (χ2v) is 10.7. The van der Waals surface area contributed by atoms with Crippen LogP contribution in [-0.2, 0) is 0 Å². The van der Waals surface area contributed by atoms with E-state index in [4.69, 9.17) is 10.5 Å². The molecule has 1 rings (SSSR count). The van der Waals surface area contributed by atoms with Gasteiger partial charge in [0, 0.05) is 12.1 Å². The molecule has 0 aromatic heterocycles. The topological polar surface area (TPSA) is 38.5 Å². The third kappa shape index (κ3) is 6.32. The third-order valence-corrected chi connectivity index (χ3v) is 3.26. The highest BCUT2D eigenvalue weighted by atomic mass is 28.3. The molecule has 0 radical (unpaired) electrons. The minimum atomic E-state index is -1.34. The Morgan fingerprint density at radius 1 is 1.26 bits per heavy atom. The number of nitrogens with two attached hydrogens (primary N) is 1. The molecule has 2 N–H and O–H groups in total. The van der Waals surface area contributed by atoms with Crippen molar-refractivity contribution < 1.29 is 4.74 Å². The van der Waals surface area contributed by atoms with Gasteiger partial charge in [-0.05, 0) is 32.3 Å². The molecular weight excluding hydrogens is 252 g/mol. The van der Waals surface area contributed by atoms with Gasteiger partial charge in [0.25, 0.3) is 0 Å². The van der Waals surface area contributed by atoms with E-state index in [0.29, 0.717) is 12.3 Å². The first-order valence-electron chi connectivity index (χ1n) is 6.48. The molecule has 0 fully saturated rings. The normalized spacial score (nSPS) is 11.1. The molecule has 0 atom stereocenters. The molecule has 0 saturated heterocycles. The molecule has 0 amide bonds. The van der Waals surface area contributed by atoms with Crippen molar-refractivity contribution in [2.45, 2.75) is 19.6 Å². The number of hydrogen-bond donors (Lipinski definition) is 1. The van der Waals surface area contributed by atoms with Crippen LogP contribution in [0.25, 0.3) is 0 Å². The highest BCUT2D eigenvalue weighted by Gasteiger charge is 2.08. The van der Waals surface area contributed by atoms with Crippen LogP contribution in [0.4, 0.5) is 5.69 Å². The van der Waals surface area contributed by atoms with E-state index in [-0.39, 0.29) is 0 Å². The van der Waals surface area contributed by atoms with Crippen LogP contribution in [0.5, 0.6) is 5.75 Å². The quantitative estimate of drug-likeness (QED) is 0.521. The van der Waals surface area contributed by atoms with Crippen molar-refractivity contribution in [2.24, 2.45) is 0 Å². The number of benzene rings is 1. The first-order chi connectivity index (χ1) is 8.78. The molecule has 1 aromatic rings. The summed E-state index contributed by atoms with van der Waals surface area (Å²) in [6, 6.07) is 5.76. The van der Waals surface area contributed by atoms with E-state index >= 15 is 0 Å². The maximum Gasteiger partial charge on any atom is 0.142 e. The van der Waals surface area contributed by atoms with Gasteiger partial charge in [0.05, 0.1) is 5.69 Å². The predicted octanol–water partition coefficient (Wildman–Crippen LogP) is 2.44. The Hall–Kier alpha value is -1.44. The lowest BCUT2D eigenvalue weighted by Crippen LogP contribution is -2.19. The first-order valence-corrected chi connectivity index (χ1v) is 9.98. The van der Waals surface area contributed by atoms with Crippen LogP contribution in [-0.4, -0.2) is 40.2 Å². The molecule has 4 heteroatoms. The van der Waals surface area contributed by atoms with Crippen molar-refractivity contribution in [1.29, 1.82) is 0 Å². The number of hydrogen-bond acceptors (Lipinski definition) is 3. The lowest BCUT2D eigenvalue weighted by molar-refractivity contribution is 0.262. The van der Waals surface area contributed by atoms with Gasteiger partial charge in [0.1, 0.15) is 20.4 Å². The van der Waals surface area contributed by atoms with Gasteiger partial charge < -0.3 is 15.4 Å². The van der Waals surface area contributed by atoms with Crippen molar-refractivity contribution in [3.05, 3.63) is 23.8 Å². The standard InChI is InChI=1S/C15H24N2OSi/c1-17(2)9-10-18-15-7-6-13(12-14(15)16)8-11-19(3,4)5/h6-7,12H,9-10,16H2,1-5H3. The SMILES string of the molecule is CN(C)CCOc1ccc(C#C[Si](C)(C)C)cc1N. The lowest BCUT2D eigenvalue weighted by Gasteiger charge is -2.12. The van der Waals surface area contributed by atoms with E-state index in [9.17, 15) is 0 Å². The maximum atomic E-state index is 5.98. The van der Waals surface area contributed by atoms with E-state index < -0.39 is 8.07 Å². The summed E-state index contributed by atoms with van der Waals surface area (Å²) in [5, 5.41) is 0. The molecule has 1 aromatic carbocycles. The van der Waals surface area contributed by atoms with Crippen LogP contribution in [0.3, 0.4) is 0 Å². The van der Waals surface area contributed by atoms with Gasteiger partial charge in [-0.1, -0.05) is 25.6 Å². The molecule has 19 heavy (non-hydrogen) atoms. The van der Waals surface area contributed by atoms with Crippen molar-refractivity contribution in [2.75, 3.05) is 33.0 Å². The number of anilines is 1. The zero-order chi connectivity index (χ0) is 14.5. The summed E-state index contributed by atoms with van der Waals surface area (Å²) in [5.74, 6) is 3.93. The molecular formula is C15H24N2OSi. The fourth-order valence-corrected chi connectivity index (χ4v) is 1.87. The average Bonchev–Trinajstić information content (AvgIpc) is 2.27. The van der Waals surface area contributed by atoms with Crippen LogP contribution in [0.2, 0.25) is 19.6 Å². The molecule has 0 spiro atoms. The largest absolute Gasteiger partial charge is 0.490 e. The zero-order valence-electron chi connectivity index (χ0n) is 12.6. The van der Waals surface area contributed by atoms with Crippen molar-refractivity contribution >= 4 is 13.8 Å². The summed E-state index contributed by atoms with van der Waals surface area (Å²) in [6.07, 6.45) is 0. The van der Waals surface area contributed by atoms with Crippen LogP contribution in [0.1, 0.15) is 5.56 Å². The fourth-order valence-electron chi connectivity index (χ4n) is 1.36. The van der Waals surface area contributed by atoms with E-state index in [1.807, 2.05) is 32.3 Å². The number of nitrogens with zero attached hydrogens (tertiary/aromatic N) is 1. The van der Waals surface area contributed by atoms with Crippen molar-refractivity contribution in [3.63, 3.8) is 0 Å². The molecule has 3 nitrogen and oxygen atoms in total. The van der Waals surface area contributed by atoms with Gasteiger partial charge in [0.2, 0.25) is 0 Å². The molecule has 104 valence electrons. The van der Waals surface area contributed by atoms with Crippen LogP contribution < -0.4 is 10.5 Å². The van der Waals surface area contributed by atoms with Gasteiger partial charge in [-0.25, -0.2) is 0 Å². The zero-order valence-corrected chi connectivity index (χ0v) is 13.6. The third-order valence-electron chi connectivity index (χ3n) is 2.39. The van der Waals surface area contributed by atoms with Gasteiger partial charge in [-0.15, -0.1) is 5.54 Å². The summed E-state index contributed by atoms with van der Waals surface area (Å²) >= 11 is 0. The smallest absolute Gasteiger partial charge is 0.142 e. The molecule has 0 heterocycles. The Morgan fingerprint density at radius 2 is 1.95 bits per heavy atom. The first kappa shape index (κ1) is 15.6. The van der Waals surface area contributed by atoms with Gasteiger partial charge in [-0.3, -0.25) is 0 Å². The number of nitrogen functional groups attached to an aromatic ring is 1. The Kier molecular flexibility index (Phi) is 5.46. The molecule has 0 aliphatic heterocycles. The second-order valence-electron chi connectivity index (χ2n) is 5.90. The predicted molar refractivity (Wildman–Crippen MR) is 85.1 cm³/mol. The summed E-state index contributed by atoms with van der Waals surface area (Å²) in [6.45, 7) is 8.18. The number of rotatable bonds is 4. The number of likely N-dealkylation sites (N-methyl/N-ethyl adjacent to an activating group) is 1. The molecule has 0 aliphatic rings. The Labute approximate surface area is 117 Å². The molecule has 0 unspecified atom stereocenters. The lowest BCUT2D eigenvalue weighted by atomic mass is 10.2. The van der Waals surface area contributed by atoms with Gasteiger partial charge in [-0.2, -0.15) is 0 Å². The minimum absolute atomic E-state index is 0.636. The fraction of sp³-hybridized carbons (Fsp3) is 0.467. The van der Waals surface area contributed by atoms with E-state index in [1.165, 1.54) is 0 Å². The second kappa shape index (κ2) is 6.64. The summed E-state index contributed by atoms with van der Waals surface area (Å²) in [4.78, 5) is 2.07. The Bertz CT molecular complexity index is 481. The molecule has 0 aliphatic carbocycles. The maximum absolute atomic E-state index is 5.98. The van der Waals surface area contributed by atoms with Crippen LogP contribution in [0, 0.1) is 11.5 Å². The van der Waals surface area contributed by atoms with Crippen LogP contribution >= 0.6 is 0 Å². The summed E-state index contributed by atoms with van der Waals surface area (Å²) < 4.78 is 5.64. The Morgan fingerprint density at radius 3 is 2.47 bits per heavy atom. The van der Waals surface area contributed by atoms with E-state index in [2.05, 4.69) is 36.0 Å². The summed E-state index contributed by atoms with van der Waals surface area (Å²) in [5.41, 5.74) is 10.9. The van der Waals surface area contributed by atoms with Crippen molar-refractivity contribution in [1.82, 2.24) is 4.90 Å². The Balaban J connectivity index is 2.71. The molecule has 0 bridgehead atoms. The highest BCUT2D eigenvalue weighted by molar-refractivity contribution is 6.83. The summed E-state index contributed by atoms with van der Waals surface area (Å²) in [7, 11) is 2.69. The van der Waals surface area contributed by atoms with Crippen LogP contribution in [0.15, 0.2) is 18.2 Å². The molecule has 0 saturated carbocycles. The van der Waals surface area contributed by atoms with E-state index in [1.54, 1.807) is 0 Å². The highest BCUT2D eigenvalue weighted by Crippen LogP contribution is 2.22. The van der Waals surface area contributed by atoms with Gasteiger partial charge in [0.15, 0.2) is 0 Å². The van der Waals surface area contributed by atoms with Gasteiger partial charge >= 0.3 is 0 Å².